The zero-order chi connectivity index (χ0) is 19.6. The van der Waals surface area contributed by atoms with Gasteiger partial charge in [-0.2, -0.15) is 5.10 Å². The monoisotopic (exact) mass is 403 g/mol. The number of aromatic amines is 1. The Morgan fingerprint density at radius 1 is 1.21 bits per heavy atom. The van der Waals surface area contributed by atoms with Gasteiger partial charge in [0.25, 0.3) is 5.91 Å². The van der Waals surface area contributed by atoms with Crippen molar-refractivity contribution >= 4 is 28.4 Å². The molecule has 2 saturated carbocycles. The maximum Gasteiger partial charge on any atom is 0.251 e. The quantitative estimate of drug-likeness (QED) is 0.626. The average Bonchev–Trinajstić information content (AvgIpc) is 3.03. The molecule has 4 atom stereocenters. The third-order valence-corrected chi connectivity index (χ3v) is 6.20. The molecule has 0 aliphatic heterocycles. The summed E-state index contributed by atoms with van der Waals surface area (Å²) in [5, 5.41) is 22.3. The molecule has 2 fully saturated rings. The summed E-state index contributed by atoms with van der Waals surface area (Å²) in [5.41, 5.74) is 0.543. The molecule has 0 bridgehead atoms. The highest BCUT2D eigenvalue weighted by molar-refractivity contribution is 6.31. The number of rotatable bonds is 3. The number of carbonyl (C=O) groups is 1. The van der Waals surface area contributed by atoms with E-state index in [2.05, 4.69) is 15.5 Å². The number of aromatic nitrogens is 2. The lowest BCUT2D eigenvalue weighted by molar-refractivity contribution is 0.0293. The molecule has 1 amide bonds. The molecule has 2 aliphatic carbocycles. The van der Waals surface area contributed by atoms with Gasteiger partial charge in [-0.05, 0) is 60.6 Å². The number of nitrogens with one attached hydrogen (secondary N) is 2. The summed E-state index contributed by atoms with van der Waals surface area (Å²) in [6, 6.07) is 6.52. The first-order valence-corrected chi connectivity index (χ1v) is 9.35. The van der Waals surface area contributed by atoms with Gasteiger partial charge >= 0.3 is 0 Å². The smallest absolute Gasteiger partial charge is 0.251 e. The van der Waals surface area contributed by atoms with Crippen LogP contribution in [0, 0.1) is 23.5 Å². The molecule has 0 radical (unpaired) electrons. The van der Waals surface area contributed by atoms with Crippen LogP contribution in [0.4, 0.5) is 8.78 Å². The average molecular weight is 404 g/mol. The van der Waals surface area contributed by atoms with Gasteiger partial charge in [0.15, 0.2) is 11.6 Å². The van der Waals surface area contributed by atoms with Crippen molar-refractivity contribution in [3.05, 3.63) is 64.3 Å². The van der Waals surface area contributed by atoms with Gasteiger partial charge in [0.05, 0.1) is 17.3 Å². The first kappa shape index (κ1) is 17.6. The molecule has 3 aromatic rings. The fourth-order valence-electron chi connectivity index (χ4n) is 4.57. The van der Waals surface area contributed by atoms with Gasteiger partial charge in [-0.15, -0.1) is 0 Å². The van der Waals surface area contributed by atoms with E-state index >= 15 is 0 Å². The topological polar surface area (TPSA) is 78.0 Å². The van der Waals surface area contributed by atoms with Gasteiger partial charge in [-0.3, -0.25) is 9.89 Å². The van der Waals surface area contributed by atoms with E-state index in [1.807, 2.05) is 0 Å². The molecule has 0 unspecified atom stereocenters. The van der Waals surface area contributed by atoms with Gasteiger partial charge in [-0.1, -0.05) is 11.6 Å². The fourth-order valence-corrected chi connectivity index (χ4v) is 4.79. The molecule has 1 aromatic heterocycles. The van der Waals surface area contributed by atoms with E-state index in [0.29, 0.717) is 17.9 Å². The lowest BCUT2D eigenvalue weighted by atomic mass is 9.86. The number of halogens is 3. The molecule has 2 aromatic carbocycles. The lowest BCUT2D eigenvalue weighted by Crippen LogP contribution is -2.33. The zero-order valence-corrected chi connectivity index (χ0v) is 15.3. The second-order valence-electron chi connectivity index (χ2n) is 7.68. The van der Waals surface area contributed by atoms with E-state index in [1.54, 1.807) is 18.3 Å². The maximum absolute atomic E-state index is 13.3. The molecule has 144 valence electrons. The first-order valence-electron chi connectivity index (χ1n) is 8.97. The lowest BCUT2D eigenvalue weighted by Gasteiger charge is -2.27. The molecular formula is C20H16ClF2N3O2. The number of aliphatic hydroxyl groups is 1. The van der Waals surface area contributed by atoms with Crippen molar-refractivity contribution < 1.29 is 18.7 Å². The summed E-state index contributed by atoms with van der Waals surface area (Å²) in [6.07, 6.45) is 2.65. The van der Waals surface area contributed by atoms with Gasteiger partial charge in [0.1, 0.15) is 0 Å². The van der Waals surface area contributed by atoms with Crippen molar-refractivity contribution in [1.82, 2.24) is 15.5 Å². The molecule has 3 N–H and O–H groups in total. The molecule has 2 aliphatic rings. The Hall–Kier alpha value is -2.51. The van der Waals surface area contributed by atoms with E-state index in [-0.39, 0.29) is 23.4 Å². The van der Waals surface area contributed by atoms with Crippen LogP contribution in [0.5, 0.6) is 0 Å². The summed E-state index contributed by atoms with van der Waals surface area (Å²) in [6.45, 7) is 0. The molecule has 5 rings (SSSR count). The maximum atomic E-state index is 13.3. The Bertz CT molecular complexity index is 1100. The predicted octanol–water partition coefficient (Wildman–Crippen LogP) is 3.52. The van der Waals surface area contributed by atoms with E-state index < -0.39 is 23.1 Å². The highest BCUT2D eigenvalue weighted by Crippen LogP contribution is 2.60. The molecule has 1 heterocycles. The Morgan fingerprint density at radius 3 is 2.68 bits per heavy atom. The van der Waals surface area contributed by atoms with E-state index in [9.17, 15) is 18.7 Å². The second-order valence-corrected chi connectivity index (χ2v) is 8.12. The molecular weight excluding hydrogens is 388 g/mol. The molecule has 28 heavy (non-hydrogen) atoms. The van der Waals surface area contributed by atoms with Crippen LogP contribution in [0.25, 0.3) is 10.9 Å². The van der Waals surface area contributed by atoms with Crippen LogP contribution in [0.2, 0.25) is 5.02 Å². The summed E-state index contributed by atoms with van der Waals surface area (Å²) in [5.74, 6) is -2.23. The minimum Gasteiger partial charge on any atom is -0.385 e. The predicted molar refractivity (Wildman–Crippen MR) is 98.8 cm³/mol. The summed E-state index contributed by atoms with van der Waals surface area (Å²) in [7, 11) is 0. The number of benzene rings is 2. The number of H-pyrrole nitrogens is 1. The number of carbonyl (C=O) groups excluding carboxylic acids is 1. The Kier molecular flexibility index (Phi) is 3.76. The summed E-state index contributed by atoms with van der Waals surface area (Å²) >= 11 is 6.18. The molecule has 0 spiro atoms. The number of nitrogens with zero attached hydrogens (tertiary/aromatic N) is 1. The number of hydrogen-bond donors (Lipinski definition) is 3. The Morgan fingerprint density at radius 2 is 1.96 bits per heavy atom. The van der Waals surface area contributed by atoms with Gasteiger partial charge in [0, 0.05) is 22.0 Å². The zero-order valence-electron chi connectivity index (χ0n) is 14.5. The van der Waals surface area contributed by atoms with Crippen LogP contribution < -0.4 is 5.32 Å². The second kappa shape index (κ2) is 5.99. The van der Waals surface area contributed by atoms with Crippen LogP contribution in [-0.4, -0.2) is 27.3 Å². The van der Waals surface area contributed by atoms with Gasteiger partial charge < -0.3 is 10.4 Å². The number of hydrogen-bond acceptors (Lipinski definition) is 3. The summed E-state index contributed by atoms with van der Waals surface area (Å²) in [4.78, 5) is 12.3. The van der Waals surface area contributed by atoms with E-state index in [1.165, 1.54) is 6.07 Å². The summed E-state index contributed by atoms with van der Waals surface area (Å²) < 4.78 is 26.4. The van der Waals surface area contributed by atoms with Crippen LogP contribution in [0.15, 0.2) is 36.5 Å². The van der Waals surface area contributed by atoms with Crippen LogP contribution in [0.1, 0.15) is 28.8 Å². The number of fused-ring (bicyclic) bond motifs is 2. The van der Waals surface area contributed by atoms with Gasteiger partial charge in [0.2, 0.25) is 0 Å². The third-order valence-electron chi connectivity index (χ3n) is 5.98. The van der Waals surface area contributed by atoms with Crippen LogP contribution >= 0.6 is 11.6 Å². The van der Waals surface area contributed by atoms with Crippen molar-refractivity contribution in [1.29, 1.82) is 0 Å². The van der Waals surface area contributed by atoms with Gasteiger partial charge in [-0.25, -0.2) is 8.78 Å². The van der Waals surface area contributed by atoms with Crippen molar-refractivity contribution in [2.75, 3.05) is 0 Å². The number of amides is 1. The van der Waals surface area contributed by atoms with Crippen molar-refractivity contribution in [3.63, 3.8) is 0 Å². The Labute approximate surface area is 163 Å². The van der Waals surface area contributed by atoms with Crippen molar-refractivity contribution in [2.24, 2.45) is 11.8 Å². The minimum atomic E-state index is -1.05. The molecule has 8 heteroatoms. The van der Waals surface area contributed by atoms with Crippen LogP contribution in [-0.2, 0) is 5.60 Å². The minimum absolute atomic E-state index is 0.0779. The van der Waals surface area contributed by atoms with E-state index in [0.717, 1.165) is 28.6 Å². The SMILES string of the molecule is O=C(N[C@H]1[C@@H]2C[C@](O)(c3cc(Cl)cc4[nH]ncc34)C[C@@H]21)c1ccc(F)c(F)c1. The van der Waals surface area contributed by atoms with Crippen LogP contribution in [0.3, 0.4) is 0 Å². The van der Waals surface area contributed by atoms with Crippen molar-refractivity contribution in [2.45, 2.75) is 24.5 Å². The first-order chi connectivity index (χ1) is 13.4. The molecule has 0 saturated heterocycles. The normalized spacial score (nSPS) is 28.4. The fraction of sp³-hybridized carbons (Fsp3) is 0.300. The molecule has 5 nitrogen and oxygen atoms in total. The third kappa shape index (κ3) is 2.69. The van der Waals surface area contributed by atoms with Crippen molar-refractivity contribution in [3.8, 4) is 0 Å². The highest BCUT2D eigenvalue weighted by Gasteiger charge is 2.62. The standard InChI is InChI=1S/C20H16ClF2N3O2/c21-10-4-14(13-8-24-26-17(13)5-10)20(28)6-11-12(7-20)18(11)25-19(27)9-1-2-15(22)16(23)3-9/h1-5,8,11-12,18,28H,6-7H2,(H,24,26)(H,25,27)/t11-,12+,18+,20-. The highest BCUT2D eigenvalue weighted by atomic mass is 35.5. The Balaban J connectivity index is 1.32. The largest absolute Gasteiger partial charge is 0.385 e. The van der Waals surface area contributed by atoms with E-state index in [4.69, 9.17) is 11.6 Å².